The van der Waals surface area contributed by atoms with Crippen LogP contribution >= 0.6 is 11.3 Å². The largest absolute Gasteiger partial charge is 0.354 e. The van der Waals surface area contributed by atoms with Crippen molar-refractivity contribution in [2.75, 3.05) is 4.72 Å². The van der Waals surface area contributed by atoms with Gasteiger partial charge in [0.15, 0.2) is 4.21 Å². The number of benzene rings is 1. The Morgan fingerprint density at radius 2 is 1.79 bits per heavy atom. The summed E-state index contributed by atoms with van der Waals surface area (Å²) in [6, 6.07) is 6.95. The minimum absolute atomic E-state index is 0.00608. The molecule has 38 heavy (non-hydrogen) atoms. The number of sulfonamides is 1. The van der Waals surface area contributed by atoms with Gasteiger partial charge in [0, 0.05) is 24.3 Å². The summed E-state index contributed by atoms with van der Waals surface area (Å²) >= 11 is 1.11. The molecule has 0 saturated heterocycles. The second kappa shape index (κ2) is 10.6. The first kappa shape index (κ1) is 27.4. The van der Waals surface area contributed by atoms with Gasteiger partial charge in [-0.25, -0.2) is 18.4 Å². The van der Waals surface area contributed by atoms with Crippen LogP contribution < -0.4 is 15.6 Å². The number of amides is 1. The van der Waals surface area contributed by atoms with Crippen LogP contribution in [0, 0.1) is 26.7 Å². The number of rotatable bonds is 8. The van der Waals surface area contributed by atoms with Crippen LogP contribution in [0.15, 0.2) is 45.8 Å². The molecule has 0 aliphatic heterocycles. The van der Waals surface area contributed by atoms with Gasteiger partial charge in [-0.2, -0.15) is 0 Å². The number of carbonyl (C=O) groups is 1. The average molecular weight is 555 g/mol. The zero-order valence-corrected chi connectivity index (χ0v) is 23.7. The van der Waals surface area contributed by atoms with Crippen molar-refractivity contribution in [2.45, 2.75) is 58.3 Å². The number of anilines is 1. The molecule has 0 aliphatic rings. The molecule has 10 nitrogen and oxygen atoms in total. The number of pyridine rings is 1. The standard InChI is InChI=1S/C26H30N6O4S2/c1-14(2)29-24(33)15(3)12-32-13-28-22-8-7-19(9-21(22)25(32)34)20-10-23(16(4)27-11-20)31-38(35,36)26-17(5)30-18(6)37-26/h7-11,13-15,31H,12H2,1-6H3,(H,29,33)/t15-/m1/s1. The maximum Gasteiger partial charge on any atom is 0.273 e. The predicted molar refractivity (Wildman–Crippen MR) is 149 cm³/mol. The first-order chi connectivity index (χ1) is 17.9. The second-order valence-corrected chi connectivity index (χ2v) is 12.6. The highest BCUT2D eigenvalue weighted by molar-refractivity contribution is 7.94. The number of carbonyl (C=O) groups excluding carboxylic acids is 1. The number of aryl methyl sites for hydroxylation is 3. The predicted octanol–water partition coefficient (Wildman–Crippen LogP) is 3.80. The molecule has 4 aromatic rings. The quantitative estimate of drug-likeness (QED) is 0.338. The van der Waals surface area contributed by atoms with E-state index < -0.39 is 15.9 Å². The summed E-state index contributed by atoms with van der Waals surface area (Å²) in [7, 11) is -3.85. The van der Waals surface area contributed by atoms with Crippen LogP contribution in [0.1, 0.15) is 37.2 Å². The topological polar surface area (TPSA) is 136 Å². The summed E-state index contributed by atoms with van der Waals surface area (Å²) in [5.74, 6) is -0.550. The molecule has 1 aromatic carbocycles. The highest BCUT2D eigenvalue weighted by atomic mass is 32.2. The lowest BCUT2D eigenvalue weighted by Gasteiger charge is -2.16. The van der Waals surface area contributed by atoms with E-state index in [0.717, 1.165) is 11.3 Å². The SMILES string of the molecule is Cc1nc(C)c(S(=O)(=O)Nc2cc(-c3ccc4ncn(C[C@@H](C)C(=O)NC(C)C)c(=O)c4c3)cnc2C)s1. The van der Waals surface area contributed by atoms with Gasteiger partial charge < -0.3 is 5.32 Å². The maximum atomic E-state index is 13.3. The summed E-state index contributed by atoms with van der Waals surface area (Å²) in [5.41, 5.74) is 2.85. The van der Waals surface area contributed by atoms with Crippen LogP contribution in [0.4, 0.5) is 5.69 Å². The van der Waals surface area contributed by atoms with Crippen molar-refractivity contribution in [1.82, 2.24) is 24.8 Å². The molecule has 0 aliphatic carbocycles. The third-order valence-electron chi connectivity index (χ3n) is 5.94. The highest BCUT2D eigenvalue weighted by Crippen LogP contribution is 2.29. The molecule has 0 unspecified atom stereocenters. The van der Waals surface area contributed by atoms with Gasteiger partial charge >= 0.3 is 0 Å². The highest BCUT2D eigenvalue weighted by Gasteiger charge is 2.22. The van der Waals surface area contributed by atoms with E-state index in [1.807, 2.05) is 13.8 Å². The molecular formula is C26H30N6O4S2. The van der Waals surface area contributed by atoms with Crippen molar-refractivity contribution < 1.29 is 13.2 Å². The van der Waals surface area contributed by atoms with Crippen molar-refractivity contribution in [3.63, 3.8) is 0 Å². The van der Waals surface area contributed by atoms with E-state index in [0.29, 0.717) is 44.1 Å². The summed E-state index contributed by atoms with van der Waals surface area (Å²) in [6.45, 7) is 10.9. The van der Waals surface area contributed by atoms with Crippen LogP contribution in [-0.2, 0) is 21.4 Å². The molecule has 0 radical (unpaired) electrons. The molecule has 0 saturated carbocycles. The first-order valence-corrected chi connectivity index (χ1v) is 14.4. The van der Waals surface area contributed by atoms with Gasteiger partial charge in [-0.1, -0.05) is 13.0 Å². The molecule has 1 amide bonds. The Balaban J connectivity index is 1.67. The summed E-state index contributed by atoms with van der Waals surface area (Å²) < 4.78 is 30.3. The monoisotopic (exact) mass is 554 g/mol. The number of aromatic nitrogens is 4. The number of nitrogens with one attached hydrogen (secondary N) is 2. The van der Waals surface area contributed by atoms with Gasteiger partial charge in [0.1, 0.15) is 0 Å². The fraction of sp³-hybridized carbons (Fsp3) is 0.346. The molecule has 0 spiro atoms. The van der Waals surface area contributed by atoms with Crippen molar-refractivity contribution in [1.29, 1.82) is 0 Å². The van der Waals surface area contributed by atoms with Gasteiger partial charge in [0.25, 0.3) is 15.6 Å². The summed E-state index contributed by atoms with van der Waals surface area (Å²) in [6.07, 6.45) is 3.08. The molecule has 0 bridgehead atoms. The fourth-order valence-electron chi connectivity index (χ4n) is 4.02. The summed E-state index contributed by atoms with van der Waals surface area (Å²) in [4.78, 5) is 38.6. The number of thiazole rings is 1. The van der Waals surface area contributed by atoms with Crippen molar-refractivity contribution in [3.05, 3.63) is 63.5 Å². The number of hydrogen-bond donors (Lipinski definition) is 2. The molecule has 2 N–H and O–H groups in total. The van der Waals surface area contributed by atoms with E-state index in [9.17, 15) is 18.0 Å². The Bertz CT molecular complexity index is 1690. The fourth-order valence-corrected chi connectivity index (χ4v) is 6.61. The lowest BCUT2D eigenvalue weighted by atomic mass is 10.0. The lowest BCUT2D eigenvalue weighted by Crippen LogP contribution is -2.37. The maximum absolute atomic E-state index is 13.3. The van der Waals surface area contributed by atoms with Crippen LogP contribution in [0.25, 0.3) is 22.0 Å². The Morgan fingerprint density at radius 1 is 1.05 bits per heavy atom. The third kappa shape index (κ3) is 5.76. The van der Waals surface area contributed by atoms with Crippen LogP contribution in [-0.4, -0.2) is 39.9 Å². The normalized spacial score (nSPS) is 12.6. The Hall–Kier alpha value is -3.64. The van der Waals surface area contributed by atoms with E-state index in [4.69, 9.17) is 0 Å². The van der Waals surface area contributed by atoms with Crippen molar-refractivity contribution in [2.24, 2.45) is 5.92 Å². The molecule has 3 aromatic heterocycles. The van der Waals surface area contributed by atoms with Crippen LogP contribution in [0.5, 0.6) is 0 Å². The van der Waals surface area contributed by atoms with Gasteiger partial charge in [-0.3, -0.25) is 23.9 Å². The molecule has 200 valence electrons. The van der Waals surface area contributed by atoms with E-state index in [1.165, 1.54) is 10.9 Å². The number of nitrogens with zero attached hydrogens (tertiary/aromatic N) is 4. The molecule has 4 rings (SSSR count). The van der Waals surface area contributed by atoms with E-state index in [2.05, 4.69) is 25.0 Å². The third-order valence-corrected chi connectivity index (χ3v) is 8.99. The molecule has 12 heteroatoms. The summed E-state index contributed by atoms with van der Waals surface area (Å²) in [5, 5.41) is 3.91. The van der Waals surface area contributed by atoms with E-state index in [1.54, 1.807) is 58.2 Å². The van der Waals surface area contributed by atoms with E-state index in [-0.39, 0.29) is 28.3 Å². The molecule has 3 heterocycles. The second-order valence-electron chi connectivity index (χ2n) is 9.57. The van der Waals surface area contributed by atoms with Gasteiger partial charge in [-0.05, 0) is 58.4 Å². The number of fused-ring (bicyclic) bond motifs is 1. The van der Waals surface area contributed by atoms with Gasteiger partial charge in [0.05, 0.1) is 45.2 Å². The van der Waals surface area contributed by atoms with Crippen molar-refractivity contribution >= 4 is 43.9 Å². The van der Waals surface area contributed by atoms with Gasteiger partial charge in [0.2, 0.25) is 5.91 Å². The lowest BCUT2D eigenvalue weighted by molar-refractivity contribution is -0.125. The van der Waals surface area contributed by atoms with Crippen molar-refractivity contribution in [3.8, 4) is 11.1 Å². The Morgan fingerprint density at radius 3 is 2.45 bits per heavy atom. The molecular weight excluding hydrogens is 524 g/mol. The van der Waals surface area contributed by atoms with Crippen LogP contribution in [0.3, 0.4) is 0 Å². The molecule has 1 atom stereocenters. The van der Waals surface area contributed by atoms with E-state index >= 15 is 0 Å². The smallest absolute Gasteiger partial charge is 0.273 e. The Labute approximate surface area is 225 Å². The average Bonchev–Trinajstić information content (AvgIpc) is 3.20. The first-order valence-electron chi connectivity index (χ1n) is 12.1. The zero-order valence-electron chi connectivity index (χ0n) is 22.1. The minimum atomic E-state index is -3.85. The van der Waals surface area contributed by atoms with Gasteiger partial charge in [-0.15, -0.1) is 11.3 Å². The minimum Gasteiger partial charge on any atom is -0.354 e. The Kier molecular flexibility index (Phi) is 7.65. The van der Waals surface area contributed by atoms with Crippen LogP contribution in [0.2, 0.25) is 0 Å². The number of hydrogen-bond acceptors (Lipinski definition) is 8. The molecule has 0 fully saturated rings. The zero-order chi connectivity index (χ0) is 27.8.